The van der Waals surface area contributed by atoms with Crippen LogP contribution in [-0.2, 0) is 17.8 Å². The quantitative estimate of drug-likeness (QED) is 0.198. The molecule has 3 aromatic carbocycles. The van der Waals surface area contributed by atoms with Crippen molar-refractivity contribution in [1.29, 1.82) is 0 Å². The second-order valence-electron chi connectivity index (χ2n) is 9.86. The van der Waals surface area contributed by atoms with Gasteiger partial charge in [0.1, 0.15) is 11.8 Å². The van der Waals surface area contributed by atoms with E-state index in [1.54, 1.807) is 28.1 Å². The summed E-state index contributed by atoms with van der Waals surface area (Å²) in [6.07, 6.45) is 5.04. The van der Waals surface area contributed by atoms with Crippen LogP contribution in [-0.4, -0.2) is 38.6 Å². The highest BCUT2D eigenvalue weighted by molar-refractivity contribution is 6.29. The number of piperidine rings is 1. The summed E-state index contributed by atoms with van der Waals surface area (Å²) in [5.41, 5.74) is 3.64. The topological polar surface area (TPSA) is 77.3 Å². The second kappa shape index (κ2) is 10.9. The Labute approximate surface area is 230 Å². The number of amides is 1. The summed E-state index contributed by atoms with van der Waals surface area (Å²) in [5.74, 6) is 0. The molecule has 1 saturated heterocycles. The van der Waals surface area contributed by atoms with Gasteiger partial charge in [-0.05, 0) is 53.5 Å². The molecule has 0 unspecified atom stereocenters. The molecule has 1 fully saturated rings. The Hall–Kier alpha value is -4.23. The number of aromatic nitrogens is 3. The molecule has 0 radical (unpaired) electrons. The van der Waals surface area contributed by atoms with Crippen LogP contribution in [0.15, 0.2) is 90.1 Å². The number of hydrogen-bond acceptors (Lipinski definition) is 5. The number of rotatable bonds is 5. The number of halogens is 1. The summed E-state index contributed by atoms with van der Waals surface area (Å²) in [6.45, 7) is 1.29. The van der Waals surface area contributed by atoms with Gasteiger partial charge in [0.15, 0.2) is 0 Å². The molecule has 196 valence electrons. The molecule has 1 amide bonds. The molecule has 6 rings (SSSR count). The van der Waals surface area contributed by atoms with Gasteiger partial charge in [0.05, 0.1) is 17.2 Å². The molecule has 1 aliphatic heterocycles. The minimum Gasteiger partial charge on any atom is -0.445 e. The molecular weight excluding hydrogens is 512 g/mol. The number of carbonyl (C=O) groups is 1. The van der Waals surface area contributed by atoms with Gasteiger partial charge >= 0.3 is 6.09 Å². The highest BCUT2D eigenvalue weighted by Crippen LogP contribution is 2.29. The summed E-state index contributed by atoms with van der Waals surface area (Å²) in [6, 6.07) is 23.3. The number of nitrogens with zero attached hydrogens (tertiary/aromatic N) is 4. The van der Waals surface area contributed by atoms with Gasteiger partial charge in [0, 0.05) is 30.7 Å². The first-order valence-corrected chi connectivity index (χ1v) is 13.4. The van der Waals surface area contributed by atoms with Crippen molar-refractivity contribution in [1.82, 2.24) is 19.4 Å². The number of carbonyl (C=O) groups excluding carboxylic acids is 1. The smallest absolute Gasteiger partial charge is 0.410 e. The van der Waals surface area contributed by atoms with Crippen molar-refractivity contribution in [2.45, 2.75) is 31.9 Å². The van der Waals surface area contributed by atoms with Crippen molar-refractivity contribution in [3.8, 4) is 0 Å². The van der Waals surface area contributed by atoms with Crippen molar-refractivity contribution in [3.05, 3.63) is 118 Å². The number of likely N-dealkylation sites (tertiary alicyclic amines) is 1. The third kappa shape index (κ3) is 5.22. The van der Waals surface area contributed by atoms with Gasteiger partial charge in [0.2, 0.25) is 0 Å². The Bertz CT molecular complexity index is 1700. The fraction of sp³-hybridized carbons (Fsp3) is 0.226. The Morgan fingerprint density at radius 2 is 1.64 bits per heavy atom. The van der Waals surface area contributed by atoms with Gasteiger partial charge in [0.25, 0.3) is 5.56 Å². The first-order chi connectivity index (χ1) is 19.1. The van der Waals surface area contributed by atoms with Crippen LogP contribution in [0.4, 0.5) is 4.79 Å². The summed E-state index contributed by atoms with van der Waals surface area (Å²) < 4.78 is 7.23. The molecule has 1 aliphatic rings. The number of pyridine rings is 1. The maximum Gasteiger partial charge on any atom is 0.410 e. The monoisotopic (exact) mass is 538 g/mol. The van der Waals surface area contributed by atoms with E-state index in [2.05, 4.69) is 11.1 Å². The highest BCUT2D eigenvalue weighted by Gasteiger charge is 2.26. The first-order valence-electron chi connectivity index (χ1n) is 13.0. The zero-order chi connectivity index (χ0) is 26.8. The predicted octanol–water partition coefficient (Wildman–Crippen LogP) is 6.16. The van der Waals surface area contributed by atoms with E-state index >= 15 is 0 Å². The molecule has 39 heavy (non-hydrogen) atoms. The normalized spacial score (nSPS) is 14.1. The number of benzene rings is 3. The van der Waals surface area contributed by atoms with E-state index in [1.807, 2.05) is 60.7 Å². The van der Waals surface area contributed by atoms with E-state index in [-0.39, 0.29) is 24.3 Å². The largest absolute Gasteiger partial charge is 0.445 e. The van der Waals surface area contributed by atoms with E-state index in [1.165, 1.54) is 0 Å². The summed E-state index contributed by atoms with van der Waals surface area (Å²) in [4.78, 5) is 37.1. The van der Waals surface area contributed by atoms with Crippen molar-refractivity contribution < 1.29 is 9.53 Å². The average molecular weight is 539 g/mol. The van der Waals surface area contributed by atoms with Gasteiger partial charge in [-0.3, -0.25) is 9.36 Å². The average Bonchev–Trinajstić information content (AvgIpc) is 2.98. The van der Waals surface area contributed by atoms with E-state index in [4.69, 9.17) is 21.3 Å². The van der Waals surface area contributed by atoms with E-state index in [0.29, 0.717) is 48.4 Å². The fourth-order valence-electron chi connectivity index (χ4n) is 5.32. The van der Waals surface area contributed by atoms with Crippen LogP contribution in [0.2, 0.25) is 5.15 Å². The summed E-state index contributed by atoms with van der Waals surface area (Å²) in [7, 11) is 0. The molecule has 0 bridgehead atoms. The molecule has 0 spiro atoms. The molecule has 3 heterocycles. The third-order valence-electron chi connectivity index (χ3n) is 7.38. The SMILES string of the molecule is O=C(OCc1ccccc1)N1CCC(n2cnc3c(cc(Cc4ccc(Cl)nc4)c4ccccc43)c2=O)CC1. The minimum absolute atomic E-state index is 0.0389. The summed E-state index contributed by atoms with van der Waals surface area (Å²) in [5, 5.41) is 3.06. The lowest BCUT2D eigenvalue weighted by molar-refractivity contribution is 0.0828. The molecular formula is C31H27ClN4O3. The van der Waals surface area contributed by atoms with Crippen molar-refractivity contribution >= 4 is 39.4 Å². The van der Waals surface area contributed by atoms with Crippen molar-refractivity contribution in [2.24, 2.45) is 0 Å². The molecule has 0 N–H and O–H groups in total. The minimum atomic E-state index is -0.325. The lowest BCUT2D eigenvalue weighted by Crippen LogP contribution is -2.41. The lowest BCUT2D eigenvalue weighted by Gasteiger charge is -2.32. The van der Waals surface area contributed by atoms with E-state index in [0.717, 1.165) is 27.5 Å². The van der Waals surface area contributed by atoms with E-state index in [9.17, 15) is 9.59 Å². The van der Waals surface area contributed by atoms with Crippen LogP contribution in [0.25, 0.3) is 21.7 Å². The molecule has 0 saturated carbocycles. The van der Waals surface area contributed by atoms with Crippen LogP contribution in [0.1, 0.15) is 35.6 Å². The second-order valence-corrected chi connectivity index (χ2v) is 10.2. The van der Waals surface area contributed by atoms with Crippen LogP contribution >= 0.6 is 11.6 Å². The van der Waals surface area contributed by atoms with E-state index < -0.39 is 0 Å². The first kappa shape index (κ1) is 25.1. The van der Waals surface area contributed by atoms with Crippen molar-refractivity contribution in [3.63, 3.8) is 0 Å². The highest BCUT2D eigenvalue weighted by atomic mass is 35.5. The van der Waals surface area contributed by atoms with Gasteiger partial charge in [-0.1, -0.05) is 72.3 Å². The van der Waals surface area contributed by atoms with Gasteiger partial charge in [-0.2, -0.15) is 0 Å². The van der Waals surface area contributed by atoms with Crippen LogP contribution in [0.3, 0.4) is 0 Å². The molecule has 8 heteroatoms. The van der Waals surface area contributed by atoms with Crippen LogP contribution in [0.5, 0.6) is 0 Å². The maximum atomic E-state index is 13.8. The Balaban J connectivity index is 1.24. The standard InChI is InChI=1S/C31H27ClN4O3/c32-28-11-10-22(18-33-28)16-23-17-27-29(26-9-5-4-8-25(23)26)34-20-36(30(27)37)24-12-14-35(15-13-24)31(38)39-19-21-6-2-1-3-7-21/h1-11,17-18,20,24H,12-16,19H2. The van der Waals surface area contributed by atoms with Crippen molar-refractivity contribution in [2.75, 3.05) is 13.1 Å². The molecule has 5 aromatic rings. The zero-order valence-corrected chi connectivity index (χ0v) is 22.1. The molecule has 0 atom stereocenters. The fourth-order valence-corrected chi connectivity index (χ4v) is 5.43. The Kier molecular flexibility index (Phi) is 6.99. The Morgan fingerprint density at radius 1 is 0.897 bits per heavy atom. The van der Waals surface area contributed by atoms with Crippen LogP contribution < -0.4 is 5.56 Å². The third-order valence-corrected chi connectivity index (χ3v) is 7.61. The lowest BCUT2D eigenvalue weighted by atomic mass is 9.96. The molecule has 2 aromatic heterocycles. The number of fused-ring (bicyclic) bond motifs is 3. The maximum absolute atomic E-state index is 13.8. The summed E-state index contributed by atoms with van der Waals surface area (Å²) >= 11 is 5.98. The number of hydrogen-bond donors (Lipinski definition) is 0. The molecule has 7 nitrogen and oxygen atoms in total. The zero-order valence-electron chi connectivity index (χ0n) is 21.3. The van der Waals surface area contributed by atoms with Crippen LogP contribution in [0, 0.1) is 0 Å². The Morgan fingerprint density at radius 3 is 2.38 bits per heavy atom. The molecule has 0 aliphatic carbocycles. The predicted molar refractivity (Wildman–Crippen MR) is 152 cm³/mol. The van der Waals surface area contributed by atoms with Gasteiger partial charge in [-0.15, -0.1) is 0 Å². The van der Waals surface area contributed by atoms with Gasteiger partial charge in [-0.25, -0.2) is 14.8 Å². The van der Waals surface area contributed by atoms with Gasteiger partial charge < -0.3 is 9.64 Å². The number of ether oxygens (including phenoxy) is 1.